The second kappa shape index (κ2) is 4.18. The third kappa shape index (κ3) is 2.98. The fourth-order valence-electron chi connectivity index (χ4n) is 0.748. The average Bonchev–Trinajstić information content (AvgIpc) is 2.37. The Morgan fingerprint density at radius 1 is 1.92 bits per heavy atom. The zero-order valence-corrected chi connectivity index (χ0v) is 7.60. The van der Waals surface area contributed by atoms with E-state index < -0.39 is 0 Å². The van der Waals surface area contributed by atoms with Crippen LogP contribution in [0.15, 0.2) is 11.6 Å². The zero-order chi connectivity index (χ0) is 8.97. The van der Waals surface area contributed by atoms with E-state index in [1.54, 1.807) is 13.1 Å². The van der Waals surface area contributed by atoms with Gasteiger partial charge >= 0.3 is 0 Å². The third-order valence-corrected chi connectivity index (χ3v) is 1.87. The highest BCUT2D eigenvalue weighted by atomic mass is 32.1. The minimum absolute atomic E-state index is 0.0834. The number of rotatable bonds is 3. The van der Waals surface area contributed by atoms with Gasteiger partial charge in [-0.3, -0.25) is 4.79 Å². The second-order valence-electron chi connectivity index (χ2n) is 2.57. The number of aromatic nitrogens is 1. The van der Waals surface area contributed by atoms with Gasteiger partial charge in [0.15, 0.2) is 5.13 Å². The summed E-state index contributed by atoms with van der Waals surface area (Å²) >= 11 is 1.39. The van der Waals surface area contributed by atoms with Crippen LogP contribution >= 0.6 is 11.3 Å². The highest BCUT2D eigenvalue weighted by Crippen LogP contribution is 2.10. The Labute approximate surface area is 74.8 Å². The summed E-state index contributed by atoms with van der Waals surface area (Å²) in [6.45, 7) is 1.79. The minimum atomic E-state index is -0.107. The molecule has 0 bridgehead atoms. The molecule has 1 heterocycles. The number of thiazole rings is 1. The normalized spacial score (nSPS) is 12.5. The van der Waals surface area contributed by atoms with E-state index in [4.69, 9.17) is 5.73 Å². The lowest BCUT2D eigenvalue weighted by Gasteiger charge is -2.03. The van der Waals surface area contributed by atoms with Gasteiger partial charge in [-0.05, 0) is 6.92 Å². The molecule has 0 aliphatic rings. The molecule has 0 radical (unpaired) electrons. The Kier molecular flexibility index (Phi) is 3.19. The molecule has 1 atom stereocenters. The van der Waals surface area contributed by atoms with Crippen LogP contribution in [0.5, 0.6) is 0 Å². The number of carbonyl (C=O) groups excluding carboxylic acids is 1. The van der Waals surface area contributed by atoms with E-state index in [-0.39, 0.29) is 11.9 Å². The average molecular weight is 185 g/mol. The molecule has 4 nitrogen and oxygen atoms in total. The summed E-state index contributed by atoms with van der Waals surface area (Å²) < 4.78 is 0. The Bertz CT molecular complexity index is 245. The molecule has 1 unspecified atom stereocenters. The van der Waals surface area contributed by atoms with Gasteiger partial charge in [0.1, 0.15) is 0 Å². The smallest absolute Gasteiger partial charge is 0.227 e. The maximum Gasteiger partial charge on any atom is 0.227 e. The van der Waals surface area contributed by atoms with Crippen LogP contribution in [0.4, 0.5) is 5.13 Å². The molecule has 1 amide bonds. The van der Waals surface area contributed by atoms with E-state index >= 15 is 0 Å². The molecular formula is C7H11N3OS. The molecule has 3 N–H and O–H groups in total. The van der Waals surface area contributed by atoms with Crippen molar-refractivity contribution < 1.29 is 4.79 Å². The van der Waals surface area contributed by atoms with Crippen LogP contribution in [0.3, 0.4) is 0 Å². The number of nitrogens with one attached hydrogen (secondary N) is 1. The predicted octanol–water partition coefficient (Wildman–Crippen LogP) is 0.819. The van der Waals surface area contributed by atoms with Crippen LogP contribution in [-0.4, -0.2) is 16.9 Å². The molecule has 12 heavy (non-hydrogen) atoms. The maximum absolute atomic E-state index is 11.1. The fraction of sp³-hybridized carbons (Fsp3) is 0.429. The van der Waals surface area contributed by atoms with Crippen LogP contribution in [0.1, 0.15) is 13.3 Å². The quantitative estimate of drug-likeness (QED) is 0.732. The fourth-order valence-corrected chi connectivity index (χ4v) is 1.29. The van der Waals surface area contributed by atoms with Crippen LogP contribution in [0, 0.1) is 0 Å². The number of nitrogens with zero attached hydrogens (tertiary/aromatic N) is 1. The lowest BCUT2D eigenvalue weighted by atomic mass is 10.2. The van der Waals surface area contributed by atoms with Crippen LogP contribution in [0.2, 0.25) is 0 Å². The lowest BCUT2D eigenvalue weighted by Crippen LogP contribution is -2.23. The molecule has 0 saturated heterocycles. The number of nitrogens with two attached hydrogens (primary N) is 1. The standard InChI is InChI=1S/C7H11N3OS/c1-5(8)4-6(11)10-7-9-2-3-12-7/h2-3,5H,4,8H2,1H3,(H,9,10,11). The van der Waals surface area contributed by atoms with E-state index in [9.17, 15) is 4.79 Å². The van der Waals surface area contributed by atoms with Crippen molar-refractivity contribution >= 4 is 22.4 Å². The molecule has 66 valence electrons. The number of anilines is 1. The largest absolute Gasteiger partial charge is 0.327 e. The molecule has 5 heteroatoms. The van der Waals surface area contributed by atoms with E-state index in [0.717, 1.165) is 0 Å². The first-order chi connectivity index (χ1) is 5.68. The van der Waals surface area contributed by atoms with Gasteiger partial charge in [0.25, 0.3) is 0 Å². The summed E-state index contributed by atoms with van der Waals surface area (Å²) in [5, 5.41) is 5.07. The van der Waals surface area contributed by atoms with E-state index in [1.165, 1.54) is 11.3 Å². The zero-order valence-electron chi connectivity index (χ0n) is 6.78. The molecule has 1 rings (SSSR count). The van der Waals surface area contributed by atoms with Crippen molar-refractivity contribution in [1.29, 1.82) is 0 Å². The van der Waals surface area contributed by atoms with Gasteiger partial charge in [0.2, 0.25) is 5.91 Å². The van der Waals surface area contributed by atoms with Gasteiger partial charge in [-0.15, -0.1) is 11.3 Å². The number of hydrogen-bond donors (Lipinski definition) is 2. The molecular weight excluding hydrogens is 174 g/mol. The van der Waals surface area contributed by atoms with E-state index in [1.807, 2.05) is 5.38 Å². The Morgan fingerprint density at radius 2 is 2.67 bits per heavy atom. The van der Waals surface area contributed by atoms with Gasteiger partial charge in [-0.1, -0.05) is 0 Å². The second-order valence-corrected chi connectivity index (χ2v) is 3.46. The SMILES string of the molecule is CC(N)CC(=O)Nc1nccs1. The molecule has 0 aliphatic carbocycles. The van der Waals surface area contributed by atoms with Crippen molar-refractivity contribution in [2.45, 2.75) is 19.4 Å². The lowest BCUT2D eigenvalue weighted by molar-refractivity contribution is -0.116. The Hall–Kier alpha value is -0.940. The highest BCUT2D eigenvalue weighted by molar-refractivity contribution is 7.13. The number of carbonyl (C=O) groups is 1. The van der Waals surface area contributed by atoms with Gasteiger partial charge < -0.3 is 11.1 Å². The molecule has 1 aromatic rings. The van der Waals surface area contributed by atoms with Crippen molar-refractivity contribution in [2.24, 2.45) is 5.73 Å². The van der Waals surface area contributed by atoms with Gasteiger partial charge in [0, 0.05) is 24.0 Å². The highest BCUT2D eigenvalue weighted by Gasteiger charge is 2.05. The topological polar surface area (TPSA) is 68.0 Å². The Balaban J connectivity index is 2.37. The van der Waals surface area contributed by atoms with Crippen LogP contribution in [0.25, 0.3) is 0 Å². The third-order valence-electron chi connectivity index (χ3n) is 1.19. The molecule has 0 aliphatic heterocycles. The molecule has 0 fully saturated rings. The van der Waals surface area contributed by atoms with E-state index in [0.29, 0.717) is 11.6 Å². The van der Waals surface area contributed by atoms with Crippen molar-refractivity contribution in [1.82, 2.24) is 4.98 Å². The van der Waals surface area contributed by atoms with E-state index in [2.05, 4.69) is 10.3 Å². The van der Waals surface area contributed by atoms with Crippen molar-refractivity contribution in [2.75, 3.05) is 5.32 Å². The molecule has 1 aromatic heterocycles. The molecule has 0 saturated carbocycles. The summed E-state index contributed by atoms with van der Waals surface area (Å²) in [5.74, 6) is -0.0834. The first-order valence-corrected chi connectivity index (χ1v) is 4.51. The van der Waals surface area contributed by atoms with Crippen LogP contribution in [-0.2, 0) is 4.79 Å². The number of hydrogen-bond acceptors (Lipinski definition) is 4. The van der Waals surface area contributed by atoms with Gasteiger partial charge in [-0.2, -0.15) is 0 Å². The predicted molar refractivity (Wildman–Crippen MR) is 49.0 cm³/mol. The summed E-state index contributed by atoms with van der Waals surface area (Å²) in [6, 6.07) is -0.107. The van der Waals surface area contributed by atoms with Gasteiger partial charge in [0.05, 0.1) is 0 Å². The van der Waals surface area contributed by atoms with Crippen LogP contribution < -0.4 is 11.1 Å². The van der Waals surface area contributed by atoms with Crippen molar-refractivity contribution in [3.8, 4) is 0 Å². The monoisotopic (exact) mass is 185 g/mol. The summed E-state index contributed by atoms with van der Waals surface area (Å²) in [5.41, 5.74) is 5.44. The molecule has 0 spiro atoms. The summed E-state index contributed by atoms with van der Waals surface area (Å²) in [4.78, 5) is 15.0. The first kappa shape index (κ1) is 9.15. The first-order valence-electron chi connectivity index (χ1n) is 3.63. The number of amides is 1. The summed E-state index contributed by atoms with van der Waals surface area (Å²) in [6.07, 6.45) is 1.98. The molecule has 0 aromatic carbocycles. The van der Waals surface area contributed by atoms with Crippen molar-refractivity contribution in [3.05, 3.63) is 11.6 Å². The maximum atomic E-state index is 11.1. The minimum Gasteiger partial charge on any atom is -0.327 e. The van der Waals surface area contributed by atoms with Crippen molar-refractivity contribution in [3.63, 3.8) is 0 Å². The Morgan fingerprint density at radius 3 is 3.17 bits per heavy atom. The summed E-state index contributed by atoms with van der Waals surface area (Å²) in [7, 11) is 0. The van der Waals surface area contributed by atoms with Gasteiger partial charge in [-0.25, -0.2) is 4.98 Å².